The Morgan fingerprint density at radius 1 is 1.50 bits per heavy atom. The number of H-pyrrole nitrogens is 2. The average Bonchev–Trinajstić information content (AvgIpc) is 2.58. The van der Waals surface area contributed by atoms with Crippen molar-refractivity contribution in [2.24, 2.45) is 5.92 Å². The molecule has 5 nitrogen and oxygen atoms in total. The molecule has 12 heavy (non-hydrogen) atoms. The third-order valence-electron chi connectivity index (χ3n) is 2.06. The van der Waals surface area contributed by atoms with Crippen molar-refractivity contribution in [3.8, 4) is 0 Å². The predicted octanol–water partition coefficient (Wildman–Crippen LogP) is 0.252. The van der Waals surface area contributed by atoms with Gasteiger partial charge in [-0.3, -0.25) is 15.6 Å². The van der Waals surface area contributed by atoms with E-state index >= 15 is 0 Å². The van der Waals surface area contributed by atoms with E-state index in [1.54, 1.807) is 0 Å². The van der Waals surface area contributed by atoms with Gasteiger partial charge < -0.3 is 0 Å². The minimum absolute atomic E-state index is 0.234. The van der Waals surface area contributed by atoms with Crippen LogP contribution in [0.2, 0.25) is 0 Å². The normalized spacial score (nSPS) is 29.4. The average molecular weight is 185 g/mol. The van der Waals surface area contributed by atoms with Gasteiger partial charge in [0.25, 0.3) is 0 Å². The van der Waals surface area contributed by atoms with Crippen molar-refractivity contribution in [3.05, 3.63) is 10.6 Å². The molecule has 1 aromatic rings. The standard InChI is InChI=1S/C6H11N5S/c1-3-2-7-9-4(3)5-8-6(12)11-10-5/h3-4,7,9H,2H2,1H3,(H2,8,10,11,12). The van der Waals surface area contributed by atoms with Crippen LogP contribution in [0.4, 0.5) is 0 Å². The Bertz CT molecular complexity index is 316. The minimum Gasteiger partial charge on any atom is -0.284 e. The highest BCUT2D eigenvalue weighted by atomic mass is 32.1. The Hall–Kier alpha value is -0.720. The lowest BCUT2D eigenvalue weighted by atomic mass is 10.0. The second-order valence-electron chi connectivity index (χ2n) is 3.03. The summed E-state index contributed by atoms with van der Waals surface area (Å²) >= 11 is 4.86. The van der Waals surface area contributed by atoms with Gasteiger partial charge in [0.05, 0.1) is 6.04 Å². The van der Waals surface area contributed by atoms with E-state index in [0.717, 1.165) is 12.4 Å². The second-order valence-corrected chi connectivity index (χ2v) is 3.42. The van der Waals surface area contributed by atoms with Gasteiger partial charge in [-0.1, -0.05) is 6.92 Å². The van der Waals surface area contributed by atoms with Crippen LogP contribution in [0, 0.1) is 10.7 Å². The van der Waals surface area contributed by atoms with Gasteiger partial charge in [0.2, 0.25) is 4.77 Å². The number of nitrogens with one attached hydrogen (secondary N) is 4. The molecule has 0 spiro atoms. The zero-order valence-electron chi connectivity index (χ0n) is 6.72. The van der Waals surface area contributed by atoms with Crippen LogP contribution >= 0.6 is 12.2 Å². The molecule has 0 aromatic carbocycles. The zero-order valence-corrected chi connectivity index (χ0v) is 7.53. The van der Waals surface area contributed by atoms with Crippen LogP contribution in [0.5, 0.6) is 0 Å². The first kappa shape index (κ1) is 7.90. The number of nitrogens with zero attached hydrogens (tertiary/aromatic N) is 1. The molecule has 0 amide bonds. The third kappa shape index (κ3) is 1.28. The number of aromatic amines is 2. The molecule has 0 aliphatic carbocycles. The molecule has 1 aliphatic rings. The molecule has 0 radical (unpaired) electrons. The summed E-state index contributed by atoms with van der Waals surface area (Å²) in [7, 11) is 0. The molecule has 1 aliphatic heterocycles. The van der Waals surface area contributed by atoms with E-state index in [4.69, 9.17) is 12.2 Å². The van der Waals surface area contributed by atoms with E-state index in [1.165, 1.54) is 0 Å². The quantitative estimate of drug-likeness (QED) is 0.473. The van der Waals surface area contributed by atoms with Crippen LogP contribution in [0.25, 0.3) is 0 Å². The van der Waals surface area contributed by atoms with Gasteiger partial charge >= 0.3 is 0 Å². The molecule has 0 saturated carbocycles. The largest absolute Gasteiger partial charge is 0.284 e. The third-order valence-corrected chi connectivity index (χ3v) is 2.26. The fourth-order valence-corrected chi connectivity index (χ4v) is 1.51. The lowest BCUT2D eigenvalue weighted by Crippen LogP contribution is -2.25. The Labute approximate surface area is 74.9 Å². The maximum absolute atomic E-state index is 4.86. The van der Waals surface area contributed by atoms with Crippen molar-refractivity contribution >= 4 is 12.2 Å². The van der Waals surface area contributed by atoms with Crippen LogP contribution in [0.1, 0.15) is 18.8 Å². The topological polar surface area (TPSA) is 68.5 Å². The first-order valence-electron chi connectivity index (χ1n) is 3.90. The van der Waals surface area contributed by atoms with Gasteiger partial charge in [-0.2, -0.15) is 0 Å². The van der Waals surface area contributed by atoms with Crippen LogP contribution in [-0.2, 0) is 0 Å². The molecule has 2 rings (SSSR count). The smallest absolute Gasteiger partial charge is 0.213 e. The molecule has 1 saturated heterocycles. The van der Waals surface area contributed by atoms with E-state index in [0.29, 0.717) is 10.7 Å². The van der Waals surface area contributed by atoms with E-state index in [9.17, 15) is 0 Å². The number of hydrogen-bond acceptors (Lipinski definition) is 4. The predicted molar refractivity (Wildman–Crippen MR) is 46.8 cm³/mol. The summed E-state index contributed by atoms with van der Waals surface area (Å²) < 4.78 is 0.505. The van der Waals surface area contributed by atoms with Gasteiger partial charge in [0.15, 0.2) is 0 Å². The van der Waals surface area contributed by atoms with Crippen molar-refractivity contribution in [1.29, 1.82) is 0 Å². The summed E-state index contributed by atoms with van der Waals surface area (Å²) in [6, 6.07) is 0.234. The number of hydrazine groups is 1. The monoisotopic (exact) mass is 185 g/mol. The van der Waals surface area contributed by atoms with Crippen LogP contribution in [-0.4, -0.2) is 21.7 Å². The number of rotatable bonds is 1. The number of hydrogen-bond donors (Lipinski definition) is 4. The summed E-state index contributed by atoms with van der Waals surface area (Å²) in [5.41, 5.74) is 6.20. The van der Waals surface area contributed by atoms with Crippen molar-refractivity contribution in [1.82, 2.24) is 26.0 Å². The maximum Gasteiger partial charge on any atom is 0.213 e. The summed E-state index contributed by atoms with van der Waals surface area (Å²) in [6.45, 7) is 3.11. The van der Waals surface area contributed by atoms with Crippen molar-refractivity contribution in [2.45, 2.75) is 13.0 Å². The van der Waals surface area contributed by atoms with Crippen LogP contribution in [0.3, 0.4) is 0 Å². The summed E-state index contributed by atoms with van der Waals surface area (Å²) in [4.78, 5) is 4.14. The van der Waals surface area contributed by atoms with Gasteiger partial charge in [-0.15, -0.1) is 0 Å². The molecule has 1 aromatic heterocycles. The molecule has 0 bridgehead atoms. The molecule has 2 atom stereocenters. The summed E-state index contributed by atoms with van der Waals surface area (Å²) in [5.74, 6) is 1.40. The molecule has 1 fully saturated rings. The summed E-state index contributed by atoms with van der Waals surface area (Å²) in [6.07, 6.45) is 0. The van der Waals surface area contributed by atoms with Crippen molar-refractivity contribution in [3.63, 3.8) is 0 Å². The molecule has 2 unspecified atom stereocenters. The Morgan fingerprint density at radius 3 is 2.83 bits per heavy atom. The molecular formula is C6H11N5S. The highest BCUT2D eigenvalue weighted by Gasteiger charge is 2.26. The summed E-state index contributed by atoms with van der Waals surface area (Å²) in [5, 5.41) is 5.71. The van der Waals surface area contributed by atoms with E-state index in [1.807, 2.05) is 0 Å². The van der Waals surface area contributed by atoms with Gasteiger partial charge in [0.1, 0.15) is 5.82 Å². The van der Waals surface area contributed by atoms with E-state index in [-0.39, 0.29) is 6.04 Å². The fourth-order valence-electron chi connectivity index (χ4n) is 1.36. The Balaban J connectivity index is 2.24. The molecule has 66 valence electrons. The highest BCUT2D eigenvalue weighted by molar-refractivity contribution is 7.71. The molecule has 2 heterocycles. The fraction of sp³-hybridized carbons (Fsp3) is 0.667. The first-order valence-corrected chi connectivity index (χ1v) is 4.31. The lowest BCUT2D eigenvalue weighted by molar-refractivity contribution is 0.483. The van der Waals surface area contributed by atoms with Crippen LogP contribution < -0.4 is 10.9 Å². The van der Waals surface area contributed by atoms with Gasteiger partial charge in [0, 0.05) is 6.54 Å². The minimum atomic E-state index is 0.234. The van der Waals surface area contributed by atoms with Crippen molar-refractivity contribution < 1.29 is 0 Å². The van der Waals surface area contributed by atoms with Crippen LogP contribution in [0.15, 0.2) is 0 Å². The highest BCUT2D eigenvalue weighted by Crippen LogP contribution is 2.20. The first-order chi connectivity index (χ1) is 5.77. The number of aromatic nitrogens is 3. The maximum atomic E-state index is 4.86. The van der Waals surface area contributed by atoms with E-state index < -0.39 is 0 Å². The Morgan fingerprint density at radius 2 is 2.33 bits per heavy atom. The SMILES string of the molecule is CC1CNNC1c1nc(=S)[nH][nH]1. The Kier molecular flexibility index (Phi) is 1.95. The second kappa shape index (κ2) is 2.96. The van der Waals surface area contributed by atoms with E-state index in [2.05, 4.69) is 33.0 Å². The van der Waals surface area contributed by atoms with Crippen molar-refractivity contribution in [2.75, 3.05) is 6.54 Å². The molecular weight excluding hydrogens is 174 g/mol. The lowest BCUT2D eigenvalue weighted by Gasteiger charge is -2.09. The van der Waals surface area contributed by atoms with Gasteiger partial charge in [-0.05, 0) is 18.1 Å². The van der Waals surface area contributed by atoms with Gasteiger partial charge in [-0.25, -0.2) is 10.4 Å². The zero-order chi connectivity index (χ0) is 8.55. The molecule has 6 heteroatoms. The molecule has 4 N–H and O–H groups in total.